The van der Waals surface area contributed by atoms with E-state index in [1.807, 2.05) is 0 Å². The van der Waals surface area contributed by atoms with Gasteiger partial charge in [-0.1, -0.05) is 0 Å². The van der Waals surface area contributed by atoms with Gasteiger partial charge in [-0.15, -0.1) is 0 Å². The molecular weight excluding hydrogens is 192 g/mol. The number of nitrogens with zero attached hydrogens (tertiary/aromatic N) is 1. The van der Waals surface area contributed by atoms with Crippen molar-refractivity contribution in [2.75, 3.05) is 0 Å². The zero-order valence-electron chi connectivity index (χ0n) is 9.49. The molecule has 1 aliphatic carbocycles. The van der Waals surface area contributed by atoms with Crippen LogP contribution >= 0.6 is 0 Å². The number of hydrogen-bond donors (Lipinski definition) is 1. The maximum Gasteiger partial charge on any atom is 0.245 e. The monoisotopic (exact) mass is 210 g/mol. The summed E-state index contributed by atoms with van der Waals surface area (Å²) >= 11 is 0. The minimum atomic E-state index is -0.366. The standard InChI is InChI=1S/C11H18N2O2/c1-6-11(15)13(7(2)9-4-5-9)8(3)10(14)12-6/h6-9H,4-5H2,1-3H3,(H,12,14). The normalized spacial score (nSPS) is 33.9. The molecule has 2 aliphatic rings. The molecule has 1 aliphatic heterocycles. The number of nitrogens with one attached hydrogen (secondary N) is 1. The third-order valence-corrected chi connectivity index (χ3v) is 3.52. The van der Waals surface area contributed by atoms with Crippen LogP contribution in [0.5, 0.6) is 0 Å². The summed E-state index contributed by atoms with van der Waals surface area (Å²) in [5.74, 6) is 0.630. The second kappa shape index (κ2) is 3.51. The summed E-state index contributed by atoms with van der Waals surface area (Å²) in [6.07, 6.45) is 2.38. The first kappa shape index (κ1) is 10.5. The van der Waals surface area contributed by atoms with Gasteiger partial charge < -0.3 is 10.2 Å². The van der Waals surface area contributed by atoms with Crippen LogP contribution in [0.4, 0.5) is 0 Å². The molecule has 4 nitrogen and oxygen atoms in total. The summed E-state index contributed by atoms with van der Waals surface area (Å²) in [6.45, 7) is 5.61. The van der Waals surface area contributed by atoms with Gasteiger partial charge in [-0.05, 0) is 39.5 Å². The molecule has 2 rings (SSSR count). The quantitative estimate of drug-likeness (QED) is 0.722. The van der Waals surface area contributed by atoms with E-state index < -0.39 is 0 Å². The topological polar surface area (TPSA) is 49.4 Å². The second-order valence-corrected chi connectivity index (χ2v) is 4.73. The van der Waals surface area contributed by atoms with Crippen molar-refractivity contribution in [3.05, 3.63) is 0 Å². The molecule has 3 atom stereocenters. The van der Waals surface area contributed by atoms with Crippen LogP contribution in [-0.4, -0.2) is 34.8 Å². The molecule has 0 radical (unpaired) electrons. The van der Waals surface area contributed by atoms with Crippen LogP contribution in [0, 0.1) is 5.92 Å². The summed E-state index contributed by atoms with van der Waals surface area (Å²) in [6, 6.07) is -0.472. The van der Waals surface area contributed by atoms with Gasteiger partial charge in [0.05, 0.1) is 0 Å². The Kier molecular flexibility index (Phi) is 2.44. The number of hydrogen-bond acceptors (Lipinski definition) is 2. The van der Waals surface area contributed by atoms with E-state index >= 15 is 0 Å². The third-order valence-electron chi connectivity index (χ3n) is 3.52. The average Bonchev–Trinajstić information content (AvgIpc) is 2.98. The molecule has 84 valence electrons. The number of carbonyl (C=O) groups excluding carboxylic acids is 2. The van der Waals surface area contributed by atoms with Crippen LogP contribution in [0.15, 0.2) is 0 Å². The van der Waals surface area contributed by atoms with Crippen LogP contribution in [0.25, 0.3) is 0 Å². The lowest BCUT2D eigenvalue weighted by molar-refractivity contribution is -0.150. The summed E-state index contributed by atoms with van der Waals surface area (Å²) in [5, 5.41) is 2.69. The van der Waals surface area contributed by atoms with Gasteiger partial charge in [-0.2, -0.15) is 0 Å². The highest BCUT2D eigenvalue weighted by Crippen LogP contribution is 2.36. The minimum absolute atomic E-state index is 0.0328. The Bertz CT molecular complexity index is 299. The van der Waals surface area contributed by atoms with E-state index in [9.17, 15) is 9.59 Å². The Morgan fingerprint density at radius 3 is 2.47 bits per heavy atom. The largest absolute Gasteiger partial charge is 0.343 e. The number of piperazine rings is 1. The van der Waals surface area contributed by atoms with E-state index in [0.29, 0.717) is 5.92 Å². The van der Waals surface area contributed by atoms with Crippen LogP contribution < -0.4 is 5.32 Å². The molecule has 0 aromatic rings. The fourth-order valence-corrected chi connectivity index (χ4v) is 2.30. The van der Waals surface area contributed by atoms with Crippen LogP contribution in [-0.2, 0) is 9.59 Å². The lowest BCUT2D eigenvalue weighted by atomic mass is 10.0. The summed E-state index contributed by atoms with van der Waals surface area (Å²) in [7, 11) is 0. The Balaban J connectivity index is 2.17. The van der Waals surface area contributed by atoms with Gasteiger partial charge in [0.25, 0.3) is 0 Å². The van der Waals surface area contributed by atoms with Crippen LogP contribution in [0.2, 0.25) is 0 Å². The van der Waals surface area contributed by atoms with Gasteiger partial charge in [0.2, 0.25) is 11.8 Å². The van der Waals surface area contributed by atoms with Crippen molar-refractivity contribution in [3.8, 4) is 0 Å². The molecule has 0 bridgehead atoms. The molecule has 1 heterocycles. The van der Waals surface area contributed by atoms with E-state index in [2.05, 4.69) is 12.2 Å². The molecule has 4 heteroatoms. The summed E-state index contributed by atoms with van der Waals surface area (Å²) < 4.78 is 0. The van der Waals surface area contributed by atoms with E-state index in [0.717, 1.165) is 0 Å². The average molecular weight is 210 g/mol. The number of carbonyl (C=O) groups is 2. The highest BCUT2D eigenvalue weighted by molar-refractivity contribution is 5.96. The van der Waals surface area contributed by atoms with Crippen molar-refractivity contribution >= 4 is 11.8 Å². The lowest BCUT2D eigenvalue weighted by Crippen LogP contribution is -2.63. The molecule has 0 aromatic carbocycles. The zero-order valence-corrected chi connectivity index (χ0v) is 9.49. The first-order valence-corrected chi connectivity index (χ1v) is 5.65. The fourth-order valence-electron chi connectivity index (χ4n) is 2.30. The Morgan fingerprint density at radius 2 is 1.93 bits per heavy atom. The maximum atomic E-state index is 12.0. The van der Waals surface area contributed by atoms with Crippen molar-refractivity contribution in [3.63, 3.8) is 0 Å². The summed E-state index contributed by atoms with van der Waals surface area (Å²) in [5.41, 5.74) is 0. The van der Waals surface area contributed by atoms with E-state index in [-0.39, 0.29) is 29.9 Å². The molecule has 2 amide bonds. The molecule has 1 saturated heterocycles. The van der Waals surface area contributed by atoms with E-state index in [4.69, 9.17) is 0 Å². The Labute approximate surface area is 90.0 Å². The predicted octanol–water partition coefficient (Wildman–Crippen LogP) is 0.520. The lowest BCUT2D eigenvalue weighted by Gasteiger charge is -2.40. The van der Waals surface area contributed by atoms with Crippen LogP contribution in [0.1, 0.15) is 33.6 Å². The van der Waals surface area contributed by atoms with Gasteiger partial charge in [-0.25, -0.2) is 0 Å². The maximum absolute atomic E-state index is 12.0. The van der Waals surface area contributed by atoms with Gasteiger partial charge >= 0.3 is 0 Å². The van der Waals surface area contributed by atoms with Gasteiger partial charge in [-0.3, -0.25) is 9.59 Å². The Hall–Kier alpha value is -1.06. The molecule has 1 N–H and O–H groups in total. The van der Waals surface area contributed by atoms with Crippen molar-refractivity contribution in [1.82, 2.24) is 10.2 Å². The molecule has 0 spiro atoms. The van der Waals surface area contributed by atoms with Crippen molar-refractivity contribution in [2.45, 2.75) is 51.7 Å². The molecule has 0 aromatic heterocycles. The molecular formula is C11H18N2O2. The van der Waals surface area contributed by atoms with Gasteiger partial charge in [0, 0.05) is 6.04 Å². The highest BCUT2D eigenvalue weighted by atomic mass is 16.2. The van der Waals surface area contributed by atoms with Gasteiger partial charge in [0.1, 0.15) is 12.1 Å². The highest BCUT2D eigenvalue weighted by Gasteiger charge is 2.43. The Morgan fingerprint density at radius 1 is 1.33 bits per heavy atom. The number of amides is 2. The number of rotatable bonds is 2. The zero-order chi connectivity index (χ0) is 11.2. The first-order chi connectivity index (χ1) is 7.02. The molecule has 1 saturated carbocycles. The SMILES string of the molecule is CC1NC(=O)C(C)N(C(C)C2CC2)C1=O. The van der Waals surface area contributed by atoms with Gasteiger partial charge in [0.15, 0.2) is 0 Å². The molecule has 3 unspecified atom stereocenters. The molecule has 2 fully saturated rings. The fraction of sp³-hybridized carbons (Fsp3) is 0.818. The van der Waals surface area contributed by atoms with Crippen molar-refractivity contribution < 1.29 is 9.59 Å². The third kappa shape index (κ3) is 1.73. The summed E-state index contributed by atoms with van der Waals surface area (Å²) in [4.78, 5) is 25.3. The molecule has 15 heavy (non-hydrogen) atoms. The predicted molar refractivity (Wildman–Crippen MR) is 56.1 cm³/mol. The van der Waals surface area contributed by atoms with Crippen molar-refractivity contribution in [2.24, 2.45) is 5.92 Å². The second-order valence-electron chi connectivity index (χ2n) is 4.73. The smallest absolute Gasteiger partial charge is 0.245 e. The van der Waals surface area contributed by atoms with E-state index in [1.54, 1.807) is 18.7 Å². The first-order valence-electron chi connectivity index (χ1n) is 5.65. The minimum Gasteiger partial charge on any atom is -0.343 e. The van der Waals surface area contributed by atoms with E-state index in [1.165, 1.54) is 12.8 Å². The van der Waals surface area contributed by atoms with Crippen molar-refractivity contribution in [1.29, 1.82) is 0 Å². The van der Waals surface area contributed by atoms with Crippen LogP contribution in [0.3, 0.4) is 0 Å².